The third-order valence-corrected chi connectivity index (χ3v) is 4.00. The topological polar surface area (TPSA) is 65.4 Å². The van der Waals surface area contributed by atoms with Crippen LogP contribution in [0.5, 0.6) is 11.5 Å². The molecular weight excluding hydrogens is 342 g/mol. The van der Waals surface area contributed by atoms with Crippen molar-refractivity contribution in [3.63, 3.8) is 0 Å². The second-order valence-electron chi connectivity index (χ2n) is 5.63. The van der Waals surface area contributed by atoms with Crippen LogP contribution in [-0.2, 0) is 0 Å². The van der Waals surface area contributed by atoms with Gasteiger partial charge in [-0.15, -0.1) is 6.42 Å². The van der Waals surface area contributed by atoms with Gasteiger partial charge in [0.05, 0.1) is 26.5 Å². The van der Waals surface area contributed by atoms with E-state index in [1.165, 1.54) is 0 Å². The summed E-state index contributed by atoms with van der Waals surface area (Å²) in [5.41, 5.74) is 2.56. The number of hydrogen-bond acceptors (Lipinski definition) is 4. The van der Waals surface area contributed by atoms with E-state index in [-0.39, 0.29) is 18.1 Å². The number of methoxy groups -OCH3 is 2. The highest BCUT2D eigenvalue weighted by atomic mass is 16.5. The molecule has 0 aliphatic carbocycles. The number of hydrogen-bond donors (Lipinski definition) is 1. The van der Waals surface area contributed by atoms with Gasteiger partial charge in [0, 0.05) is 11.8 Å². The fourth-order valence-corrected chi connectivity index (χ4v) is 2.68. The van der Waals surface area contributed by atoms with Crippen molar-refractivity contribution in [2.24, 2.45) is 0 Å². The fraction of sp³-hybridized carbons (Fsp3) is 0.143. The molecule has 0 spiro atoms. The minimum Gasteiger partial charge on any atom is -0.493 e. The maximum Gasteiger partial charge on any atom is 0.273 e. The number of carbonyl (C=O) groups excluding carboxylic acids is 1. The van der Waals surface area contributed by atoms with E-state index in [4.69, 9.17) is 15.9 Å². The van der Waals surface area contributed by atoms with Gasteiger partial charge in [-0.25, -0.2) is 4.68 Å². The number of ether oxygens (including phenoxy) is 2. The van der Waals surface area contributed by atoms with E-state index in [0.29, 0.717) is 17.1 Å². The molecule has 27 heavy (non-hydrogen) atoms. The van der Waals surface area contributed by atoms with Crippen LogP contribution in [0, 0.1) is 12.3 Å². The summed E-state index contributed by atoms with van der Waals surface area (Å²) in [4.78, 5) is 12.6. The minimum absolute atomic E-state index is 0.127. The van der Waals surface area contributed by atoms with Gasteiger partial charge in [-0.3, -0.25) is 4.79 Å². The molecule has 1 amide bonds. The Hall–Kier alpha value is -3.72. The lowest BCUT2D eigenvalue weighted by Gasteiger charge is -2.09. The average molecular weight is 361 g/mol. The van der Waals surface area contributed by atoms with E-state index in [0.717, 1.165) is 11.3 Å². The van der Waals surface area contributed by atoms with Crippen molar-refractivity contribution >= 4 is 5.91 Å². The number of rotatable bonds is 6. The predicted molar refractivity (Wildman–Crippen MR) is 103 cm³/mol. The predicted octanol–water partition coefficient (Wildman–Crippen LogP) is 2.92. The lowest BCUT2D eigenvalue weighted by atomic mass is 10.1. The van der Waals surface area contributed by atoms with Crippen LogP contribution < -0.4 is 14.8 Å². The normalized spacial score (nSPS) is 10.1. The fourth-order valence-electron chi connectivity index (χ4n) is 2.68. The number of para-hydroxylation sites is 1. The first-order chi connectivity index (χ1) is 13.2. The van der Waals surface area contributed by atoms with Gasteiger partial charge < -0.3 is 14.8 Å². The Morgan fingerprint density at radius 2 is 1.89 bits per heavy atom. The van der Waals surface area contributed by atoms with Crippen molar-refractivity contribution in [1.82, 2.24) is 15.1 Å². The van der Waals surface area contributed by atoms with Crippen LogP contribution in [0.15, 0.2) is 54.7 Å². The van der Waals surface area contributed by atoms with Crippen LogP contribution >= 0.6 is 0 Å². The van der Waals surface area contributed by atoms with Crippen LogP contribution in [0.4, 0.5) is 0 Å². The molecular formula is C21H19N3O3. The Morgan fingerprint density at radius 3 is 2.56 bits per heavy atom. The van der Waals surface area contributed by atoms with E-state index in [1.807, 2.05) is 42.5 Å². The van der Waals surface area contributed by atoms with Gasteiger partial charge in [0.15, 0.2) is 17.2 Å². The molecule has 0 saturated carbocycles. The summed E-state index contributed by atoms with van der Waals surface area (Å²) in [6, 6.07) is 15.0. The molecule has 6 heteroatoms. The SMILES string of the molecule is C#CCNC(=O)c1nn(-c2ccccc2)cc1-c1ccc(OC)c(OC)c1. The first-order valence-corrected chi connectivity index (χ1v) is 8.27. The highest BCUT2D eigenvalue weighted by Crippen LogP contribution is 2.33. The summed E-state index contributed by atoms with van der Waals surface area (Å²) in [7, 11) is 3.14. The first-order valence-electron chi connectivity index (χ1n) is 8.27. The minimum atomic E-state index is -0.340. The molecule has 2 aromatic carbocycles. The molecule has 1 N–H and O–H groups in total. The Bertz CT molecular complexity index is 988. The monoisotopic (exact) mass is 361 g/mol. The summed E-state index contributed by atoms with van der Waals surface area (Å²) in [6.45, 7) is 0.127. The molecule has 3 aromatic rings. The number of benzene rings is 2. The van der Waals surface area contributed by atoms with Gasteiger partial charge in [0.1, 0.15) is 0 Å². The number of carbonyl (C=O) groups is 1. The van der Waals surface area contributed by atoms with E-state index in [9.17, 15) is 4.79 Å². The van der Waals surface area contributed by atoms with Crippen LogP contribution in [0.1, 0.15) is 10.5 Å². The molecule has 0 fully saturated rings. The Labute approximate surface area is 157 Å². The van der Waals surface area contributed by atoms with Crippen molar-refractivity contribution in [2.45, 2.75) is 0 Å². The molecule has 1 aromatic heterocycles. The quantitative estimate of drug-likeness (QED) is 0.686. The van der Waals surface area contributed by atoms with E-state index >= 15 is 0 Å². The van der Waals surface area contributed by atoms with E-state index < -0.39 is 0 Å². The average Bonchev–Trinajstić information content (AvgIpc) is 3.17. The van der Waals surface area contributed by atoms with Gasteiger partial charge in [-0.1, -0.05) is 30.2 Å². The first kappa shape index (κ1) is 18.1. The second-order valence-corrected chi connectivity index (χ2v) is 5.63. The van der Waals surface area contributed by atoms with Crippen LogP contribution in [-0.4, -0.2) is 36.5 Å². The standard InChI is InChI=1S/C21H19N3O3/c1-4-12-22-21(25)20-17(14-24(23-20)16-8-6-5-7-9-16)15-10-11-18(26-2)19(13-15)27-3/h1,5-11,13-14H,12H2,2-3H3,(H,22,25). The zero-order valence-corrected chi connectivity index (χ0v) is 15.1. The van der Waals surface area contributed by atoms with Gasteiger partial charge >= 0.3 is 0 Å². The van der Waals surface area contributed by atoms with Crippen LogP contribution in [0.25, 0.3) is 16.8 Å². The summed E-state index contributed by atoms with van der Waals surface area (Å²) in [6.07, 6.45) is 7.06. The second kappa shape index (κ2) is 8.11. The summed E-state index contributed by atoms with van der Waals surface area (Å²) in [5.74, 6) is 3.23. The van der Waals surface area contributed by atoms with Gasteiger partial charge in [-0.05, 0) is 29.8 Å². The third-order valence-electron chi connectivity index (χ3n) is 4.00. The van der Waals surface area contributed by atoms with Gasteiger partial charge in [0.2, 0.25) is 0 Å². The van der Waals surface area contributed by atoms with Gasteiger partial charge in [0.25, 0.3) is 5.91 Å². The Morgan fingerprint density at radius 1 is 1.15 bits per heavy atom. The highest BCUT2D eigenvalue weighted by Gasteiger charge is 2.19. The smallest absolute Gasteiger partial charge is 0.273 e. The largest absolute Gasteiger partial charge is 0.493 e. The number of amides is 1. The number of nitrogens with one attached hydrogen (secondary N) is 1. The number of aromatic nitrogens is 2. The molecule has 0 aliphatic heterocycles. The van der Waals surface area contributed by atoms with Gasteiger partial charge in [-0.2, -0.15) is 5.10 Å². The van der Waals surface area contributed by atoms with E-state index in [1.54, 1.807) is 31.2 Å². The summed E-state index contributed by atoms with van der Waals surface area (Å²) in [5, 5.41) is 7.14. The highest BCUT2D eigenvalue weighted by molar-refractivity contribution is 5.99. The summed E-state index contributed by atoms with van der Waals surface area (Å²) < 4.78 is 12.3. The Kier molecular flexibility index (Phi) is 5.43. The number of nitrogens with zero attached hydrogens (tertiary/aromatic N) is 2. The maximum atomic E-state index is 12.6. The maximum absolute atomic E-state index is 12.6. The molecule has 136 valence electrons. The molecule has 3 rings (SSSR count). The molecule has 0 bridgehead atoms. The lowest BCUT2D eigenvalue weighted by molar-refractivity contribution is 0.0954. The third kappa shape index (κ3) is 3.77. The van der Waals surface area contributed by atoms with Crippen LogP contribution in [0.3, 0.4) is 0 Å². The van der Waals surface area contributed by atoms with Crippen molar-refractivity contribution < 1.29 is 14.3 Å². The molecule has 1 heterocycles. The Balaban J connectivity index is 2.11. The molecule has 0 saturated heterocycles. The molecule has 0 unspecified atom stereocenters. The van der Waals surface area contributed by atoms with Crippen molar-refractivity contribution in [3.05, 3.63) is 60.4 Å². The molecule has 0 aliphatic rings. The van der Waals surface area contributed by atoms with E-state index in [2.05, 4.69) is 16.3 Å². The zero-order valence-electron chi connectivity index (χ0n) is 15.1. The van der Waals surface area contributed by atoms with Crippen molar-refractivity contribution in [1.29, 1.82) is 0 Å². The number of terminal acetylenes is 1. The zero-order chi connectivity index (χ0) is 19.2. The molecule has 6 nitrogen and oxygen atoms in total. The summed E-state index contributed by atoms with van der Waals surface area (Å²) >= 11 is 0. The molecule has 0 atom stereocenters. The van der Waals surface area contributed by atoms with Crippen molar-refractivity contribution in [2.75, 3.05) is 20.8 Å². The molecule has 0 radical (unpaired) electrons. The lowest BCUT2D eigenvalue weighted by Crippen LogP contribution is -2.24. The van der Waals surface area contributed by atoms with Crippen molar-refractivity contribution in [3.8, 4) is 40.7 Å². The van der Waals surface area contributed by atoms with Crippen LogP contribution in [0.2, 0.25) is 0 Å².